The molecular formula is C18H19N3O2. The number of ether oxygens (including phenoxy) is 1. The molecule has 0 aliphatic heterocycles. The van der Waals surface area contributed by atoms with Crippen LogP contribution >= 0.6 is 0 Å². The van der Waals surface area contributed by atoms with Crippen molar-refractivity contribution in [3.63, 3.8) is 0 Å². The van der Waals surface area contributed by atoms with E-state index >= 15 is 0 Å². The van der Waals surface area contributed by atoms with Crippen molar-refractivity contribution in [3.8, 4) is 0 Å². The number of hydrogen-bond acceptors (Lipinski definition) is 4. The smallest absolute Gasteiger partial charge is 0.102 e. The molecule has 1 aromatic heterocycles. The van der Waals surface area contributed by atoms with Gasteiger partial charge in [-0.25, -0.2) is 4.68 Å². The summed E-state index contributed by atoms with van der Waals surface area (Å²) in [4.78, 5) is 0. The number of aromatic nitrogens is 3. The average Bonchev–Trinajstić information content (AvgIpc) is 3.06. The molecule has 0 spiro atoms. The van der Waals surface area contributed by atoms with Crippen molar-refractivity contribution in [3.05, 3.63) is 83.7 Å². The van der Waals surface area contributed by atoms with E-state index in [4.69, 9.17) is 4.74 Å². The van der Waals surface area contributed by atoms with Crippen LogP contribution < -0.4 is 0 Å². The highest BCUT2D eigenvalue weighted by Crippen LogP contribution is 2.19. The summed E-state index contributed by atoms with van der Waals surface area (Å²) in [6.07, 6.45) is 1.68. The van der Waals surface area contributed by atoms with E-state index in [9.17, 15) is 5.11 Å². The van der Waals surface area contributed by atoms with Gasteiger partial charge in [0.1, 0.15) is 6.04 Å². The van der Waals surface area contributed by atoms with Gasteiger partial charge in [-0.15, -0.1) is 5.10 Å². The molecule has 0 aliphatic carbocycles. The van der Waals surface area contributed by atoms with Crippen LogP contribution in [-0.4, -0.2) is 26.7 Å². The molecule has 1 unspecified atom stereocenters. The summed E-state index contributed by atoms with van der Waals surface area (Å²) in [6.45, 7) is 0.880. The zero-order valence-electron chi connectivity index (χ0n) is 12.7. The molecule has 0 aliphatic rings. The van der Waals surface area contributed by atoms with Gasteiger partial charge in [0, 0.05) is 0 Å². The zero-order chi connectivity index (χ0) is 15.9. The predicted octanol–water partition coefficient (Wildman–Crippen LogP) is 2.58. The average molecular weight is 309 g/mol. The van der Waals surface area contributed by atoms with Crippen molar-refractivity contribution < 1.29 is 9.84 Å². The Kier molecular flexibility index (Phi) is 5.13. The molecule has 23 heavy (non-hydrogen) atoms. The summed E-state index contributed by atoms with van der Waals surface area (Å²) in [7, 11) is 0. The molecule has 3 rings (SSSR count). The van der Waals surface area contributed by atoms with Crippen molar-refractivity contribution in [1.82, 2.24) is 15.0 Å². The molecule has 0 fully saturated rings. The molecule has 2 aromatic carbocycles. The molecule has 1 heterocycles. The monoisotopic (exact) mass is 309 g/mol. The molecule has 0 amide bonds. The van der Waals surface area contributed by atoms with Crippen LogP contribution in [0.25, 0.3) is 0 Å². The predicted molar refractivity (Wildman–Crippen MR) is 86.6 cm³/mol. The summed E-state index contributed by atoms with van der Waals surface area (Å²) in [5.41, 5.74) is 2.95. The van der Waals surface area contributed by atoms with Gasteiger partial charge in [0.05, 0.1) is 31.7 Å². The van der Waals surface area contributed by atoms with Gasteiger partial charge in [0.2, 0.25) is 0 Å². The molecule has 0 saturated carbocycles. The first-order valence-corrected chi connectivity index (χ1v) is 7.55. The van der Waals surface area contributed by atoms with E-state index in [1.807, 2.05) is 60.7 Å². The van der Waals surface area contributed by atoms with Gasteiger partial charge in [0.25, 0.3) is 0 Å². The van der Waals surface area contributed by atoms with Crippen molar-refractivity contribution in [2.24, 2.45) is 0 Å². The maximum Gasteiger partial charge on any atom is 0.102 e. The Bertz CT molecular complexity index is 713. The fourth-order valence-corrected chi connectivity index (χ4v) is 2.48. The number of nitrogens with zero attached hydrogens (tertiary/aromatic N) is 3. The fourth-order valence-electron chi connectivity index (χ4n) is 2.48. The van der Waals surface area contributed by atoms with Crippen molar-refractivity contribution in [2.75, 3.05) is 6.61 Å². The van der Waals surface area contributed by atoms with E-state index in [2.05, 4.69) is 10.3 Å². The second-order valence-corrected chi connectivity index (χ2v) is 5.26. The second-order valence-electron chi connectivity index (χ2n) is 5.26. The largest absolute Gasteiger partial charge is 0.394 e. The molecule has 5 heteroatoms. The lowest BCUT2D eigenvalue weighted by Gasteiger charge is -2.17. The van der Waals surface area contributed by atoms with Crippen LogP contribution in [0.2, 0.25) is 0 Å². The molecule has 0 radical (unpaired) electrons. The molecule has 118 valence electrons. The normalized spacial score (nSPS) is 12.2. The number of aliphatic hydroxyl groups excluding tert-OH is 1. The fraction of sp³-hybridized carbons (Fsp3) is 0.222. The molecule has 3 aromatic rings. The maximum atomic E-state index is 9.75. The number of hydrogen-bond donors (Lipinski definition) is 1. The first-order valence-electron chi connectivity index (χ1n) is 7.55. The van der Waals surface area contributed by atoms with E-state index < -0.39 is 0 Å². The van der Waals surface area contributed by atoms with Crippen molar-refractivity contribution in [2.45, 2.75) is 19.3 Å². The standard InChI is InChI=1S/C18H19N3O2/c22-12-18(16-9-5-2-6-10-16)21-17(11-19-20-21)14-23-13-15-7-3-1-4-8-15/h1-11,18,22H,12-14H2. The van der Waals surface area contributed by atoms with Crippen molar-refractivity contribution >= 4 is 0 Å². The Labute approximate surface area is 135 Å². The number of aliphatic hydroxyl groups is 1. The lowest BCUT2D eigenvalue weighted by molar-refractivity contribution is 0.0988. The van der Waals surface area contributed by atoms with E-state index in [1.54, 1.807) is 10.9 Å². The summed E-state index contributed by atoms with van der Waals surface area (Å²) < 4.78 is 7.48. The van der Waals surface area contributed by atoms with Gasteiger partial charge in [-0.1, -0.05) is 65.9 Å². The minimum Gasteiger partial charge on any atom is -0.394 e. The SMILES string of the molecule is OCC(c1ccccc1)n1nncc1COCc1ccccc1. The Hall–Kier alpha value is -2.50. The molecular weight excluding hydrogens is 290 g/mol. The lowest BCUT2D eigenvalue weighted by Crippen LogP contribution is -2.19. The zero-order valence-corrected chi connectivity index (χ0v) is 12.7. The molecule has 1 atom stereocenters. The van der Waals surface area contributed by atoms with Gasteiger partial charge in [0.15, 0.2) is 0 Å². The number of benzene rings is 2. The molecule has 5 nitrogen and oxygen atoms in total. The summed E-state index contributed by atoms with van der Waals surface area (Å²) in [6, 6.07) is 19.5. The second kappa shape index (κ2) is 7.67. The van der Waals surface area contributed by atoms with Crippen molar-refractivity contribution in [1.29, 1.82) is 0 Å². The Balaban J connectivity index is 1.69. The van der Waals surface area contributed by atoms with Gasteiger partial charge in [-0.2, -0.15) is 0 Å². The third kappa shape index (κ3) is 3.83. The van der Waals surface area contributed by atoms with Crippen LogP contribution in [0, 0.1) is 0 Å². The van der Waals surface area contributed by atoms with Gasteiger partial charge in [-0.05, 0) is 11.1 Å². The highest BCUT2D eigenvalue weighted by atomic mass is 16.5. The van der Waals surface area contributed by atoms with Crippen LogP contribution in [0.15, 0.2) is 66.9 Å². The van der Waals surface area contributed by atoms with Crippen LogP contribution in [0.1, 0.15) is 22.9 Å². The first-order chi connectivity index (χ1) is 11.4. The van der Waals surface area contributed by atoms with E-state index in [0.717, 1.165) is 16.8 Å². The third-order valence-corrected chi connectivity index (χ3v) is 3.66. The van der Waals surface area contributed by atoms with Gasteiger partial charge in [-0.3, -0.25) is 0 Å². The maximum absolute atomic E-state index is 9.75. The minimum absolute atomic E-state index is 0.0426. The van der Waals surface area contributed by atoms with Gasteiger partial charge < -0.3 is 9.84 Å². The minimum atomic E-state index is -0.256. The Morgan fingerprint density at radius 2 is 1.65 bits per heavy atom. The molecule has 1 N–H and O–H groups in total. The van der Waals surface area contributed by atoms with Crippen LogP contribution in [0.3, 0.4) is 0 Å². The summed E-state index contributed by atoms with van der Waals surface area (Å²) in [5.74, 6) is 0. The topological polar surface area (TPSA) is 60.2 Å². The summed E-state index contributed by atoms with van der Waals surface area (Å²) >= 11 is 0. The molecule has 0 saturated heterocycles. The van der Waals surface area contributed by atoms with E-state index in [1.165, 1.54) is 0 Å². The first kappa shape index (κ1) is 15.4. The highest BCUT2D eigenvalue weighted by Gasteiger charge is 2.17. The van der Waals surface area contributed by atoms with E-state index in [0.29, 0.717) is 13.2 Å². The quantitative estimate of drug-likeness (QED) is 0.729. The highest BCUT2D eigenvalue weighted by molar-refractivity contribution is 5.20. The Morgan fingerprint density at radius 1 is 0.957 bits per heavy atom. The van der Waals surface area contributed by atoms with Crippen LogP contribution in [-0.2, 0) is 18.0 Å². The summed E-state index contributed by atoms with van der Waals surface area (Å²) in [5, 5.41) is 17.8. The third-order valence-electron chi connectivity index (χ3n) is 3.66. The Morgan fingerprint density at radius 3 is 2.35 bits per heavy atom. The lowest BCUT2D eigenvalue weighted by atomic mass is 10.1. The van der Waals surface area contributed by atoms with Crippen LogP contribution in [0.5, 0.6) is 0 Å². The van der Waals surface area contributed by atoms with E-state index in [-0.39, 0.29) is 12.6 Å². The van der Waals surface area contributed by atoms with Crippen LogP contribution in [0.4, 0.5) is 0 Å². The van der Waals surface area contributed by atoms with Gasteiger partial charge >= 0.3 is 0 Å². The molecule has 0 bridgehead atoms. The number of rotatable bonds is 7.